The zero-order valence-electron chi connectivity index (χ0n) is 28.2. The smallest absolute Gasteiger partial charge is 0.256 e. The van der Waals surface area contributed by atoms with Crippen LogP contribution in [0.3, 0.4) is 0 Å². The first-order chi connectivity index (χ1) is 22.8. The molecule has 2 aromatic rings. The van der Waals surface area contributed by atoms with Gasteiger partial charge in [0.25, 0.3) is 5.91 Å². The molecule has 3 amide bonds. The van der Waals surface area contributed by atoms with E-state index in [9.17, 15) is 18.8 Å². The molecule has 0 bridgehead atoms. The highest BCUT2D eigenvalue weighted by Gasteiger charge is 2.51. The van der Waals surface area contributed by atoms with Gasteiger partial charge in [-0.15, -0.1) is 0 Å². The molecule has 5 atom stereocenters. The minimum absolute atomic E-state index is 0.0393. The molecule has 12 heteroatoms. The lowest BCUT2D eigenvalue weighted by Gasteiger charge is -2.36. The van der Waals surface area contributed by atoms with Crippen LogP contribution in [0.1, 0.15) is 51.5 Å². The fourth-order valence-electron chi connectivity index (χ4n) is 7.68. The number of anilines is 1. The third kappa shape index (κ3) is 7.11. The van der Waals surface area contributed by atoms with E-state index in [1.54, 1.807) is 9.80 Å². The number of amides is 3. The van der Waals surface area contributed by atoms with Crippen LogP contribution >= 0.6 is 11.6 Å². The van der Waals surface area contributed by atoms with E-state index >= 15 is 4.39 Å². The molecular formula is C36H46ClF2N5O4. The highest BCUT2D eigenvalue weighted by atomic mass is 35.5. The van der Waals surface area contributed by atoms with Crippen LogP contribution < -0.4 is 4.90 Å². The molecule has 4 fully saturated rings. The maximum absolute atomic E-state index is 15.5. The number of ether oxygens (including phenoxy) is 1. The van der Waals surface area contributed by atoms with Crippen LogP contribution in [0.4, 0.5) is 14.5 Å². The molecule has 0 N–H and O–H groups in total. The van der Waals surface area contributed by atoms with Crippen LogP contribution in [0.15, 0.2) is 42.5 Å². The molecule has 4 aliphatic rings. The second-order valence-electron chi connectivity index (χ2n) is 14.7. The summed E-state index contributed by atoms with van der Waals surface area (Å²) >= 11 is 6.23. The molecule has 1 unspecified atom stereocenters. The van der Waals surface area contributed by atoms with Crippen molar-refractivity contribution in [1.29, 1.82) is 0 Å². The summed E-state index contributed by atoms with van der Waals surface area (Å²) in [4.78, 5) is 52.5. The molecule has 0 saturated carbocycles. The summed E-state index contributed by atoms with van der Waals surface area (Å²) in [5.74, 6) is -3.03. The number of hydrogen-bond acceptors (Lipinski definition) is 6. The van der Waals surface area contributed by atoms with Gasteiger partial charge in [0.1, 0.15) is 23.8 Å². The van der Waals surface area contributed by atoms with Gasteiger partial charge >= 0.3 is 0 Å². The highest BCUT2D eigenvalue weighted by molar-refractivity contribution is 6.30. The molecular weight excluding hydrogens is 640 g/mol. The number of likely N-dealkylation sites (N-methyl/N-ethyl adjacent to an activating group) is 1. The first kappa shape index (κ1) is 34.7. The lowest BCUT2D eigenvalue weighted by Crippen LogP contribution is -2.54. The summed E-state index contributed by atoms with van der Waals surface area (Å²) in [5.41, 5.74) is 0.707. The molecule has 6 rings (SSSR count). The lowest BCUT2D eigenvalue weighted by atomic mass is 9.88. The molecule has 0 radical (unpaired) electrons. The SMILES string of the molecule is CN1CCN(C(=O)[C@@H]2CC(N(C(=O)[C@@H]3CCCO3)c3ccc(F)cc3F)CN2C(=O)[C@@H]2CN(C(C)(C)C)C[C@H]2c2ccc(Cl)cc2)CC1. The van der Waals surface area contributed by atoms with Crippen molar-refractivity contribution in [3.63, 3.8) is 0 Å². The van der Waals surface area contributed by atoms with Crippen molar-refractivity contribution in [1.82, 2.24) is 19.6 Å². The minimum Gasteiger partial charge on any atom is -0.368 e. The van der Waals surface area contributed by atoms with Crippen LogP contribution in [0, 0.1) is 17.6 Å². The normalized spacial score (nSPS) is 27.1. The number of hydrogen-bond donors (Lipinski definition) is 0. The predicted molar refractivity (Wildman–Crippen MR) is 180 cm³/mol. The van der Waals surface area contributed by atoms with Gasteiger partial charge in [-0.1, -0.05) is 23.7 Å². The number of benzene rings is 2. The number of carbonyl (C=O) groups is 3. The van der Waals surface area contributed by atoms with Crippen LogP contribution in [0.5, 0.6) is 0 Å². The monoisotopic (exact) mass is 685 g/mol. The van der Waals surface area contributed by atoms with Crippen molar-refractivity contribution in [3.05, 3.63) is 64.7 Å². The molecule has 0 aromatic heterocycles. The van der Waals surface area contributed by atoms with Gasteiger partial charge in [0, 0.05) is 75.0 Å². The number of likely N-dealkylation sites (tertiary alicyclic amines) is 2. The Kier molecular flexibility index (Phi) is 10.1. The van der Waals surface area contributed by atoms with Crippen LogP contribution in [-0.4, -0.2) is 121 Å². The van der Waals surface area contributed by atoms with E-state index in [4.69, 9.17) is 16.3 Å². The quantitative estimate of drug-likeness (QED) is 0.450. The summed E-state index contributed by atoms with van der Waals surface area (Å²) in [5, 5.41) is 0.608. The summed E-state index contributed by atoms with van der Waals surface area (Å²) < 4.78 is 35.2. The van der Waals surface area contributed by atoms with Crippen molar-refractivity contribution < 1.29 is 27.9 Å². The van der Waals surface area contributed by atoms with E-state index < -0.39 is 41.6 Å². The molecule has 4 aliphatic heterocycles. The van der Waals surface area contributed by atoms with Crippen LogP contribution in [0.2, 0.25) is 5.02 Å². The topological polar surface area (TPSA) is 76.6 Å². The maximum Gasteiger partial charge on any atom is 0.256 e. The molecule has 9 nitrogen and oxygen atoms in total. The van der Waals surface area contributed by atoms with E-state index in [2.05, 4.69) is 30.6 Å². The van der Waals surface area contributed by atoms with Gasteiger partial charge in [0.2, 0.25) is 11.8 Å². The summed E-state index contributed by atoms with van der Waals surface area (Å²) in [6.45, 7) is 10.4. The predicted octanol–water partition coefficient (Wildman–Crippen LogP) is 4.39. The summed E-state index contributed by atoms with van der Waals surface area (Å²) in [6, 6.07) is 9.14. The second-order valence-corrected chi connectivity index (χ2v) is 15.1. The highest BCUT2D eigenvalue weighted by Crippen LogP contribution is 2.40. The van der Waals surface area contributed by atoms with Crippen molar-refractivity contribution in [2.75, 3.05) is 64.4 Å². The number of rotatable bonds is 6. The standard InChI is InChI=1S/C36H46ClF2N5O4/c1-36(2,3)42-21-27(23-7-9-24(37)10-8-23)28(22-42)33(45)43-20-26(19-31(43)34(46)41-15-13-40(4)14-16-41)44(35(47)32-6-5-17-48-32)30-12-11-25(38)18-29(30)39/h7-12,18,26-28,31-32H,5-6,13-17,19-22H2,1-4H3/t26?,27-,28+,31-,32-/m0/s1. The number of nitrogens with zero attached hydrogens (tertiary/aromatic N) is 5. The largest absolute Gasteiger partial charge is 0.368 e. The molecule has 2 aromatic carbocycles. The molecule has 4 heterocycles. The molecule has 260 valence electrons. The van der Waals surface area contributed by atoms with E-state index in [0.717, 1.165) is 17.7 Å². The Labute approximate surface area is 286 Å². The number of piperazine rings is 1. The molecule has 0 spiro atoms. The van der Waals surface area contributed by atoms with Gasteiger partial charge in [-0.25, -0.2) is 8.78 Å². The fraction of sp³-hybridized carbons (Fsp3) is 0.583. The molecule has 4 saturated heterocycles. The van der Waals surface area contributed by atoms with Gasteiger partial charge < -0.3 is 24.3 Å². The van der Waals surface area contributed by atoms with Gasteiger partial charge in [0.15, 0.2) is 0 Å². The number of carbonyl (C=O) groups excluding carboxylic acids is 3. The fourth-order valence-corrected chi connectivity index (χ4v) is 7.80. The molecule has 48 heavy (non-hydrogen) atoms. The Morgan fingerprint density at radius 3 is 2.27 bits per heavy atom. The van der Waals surface area contributed by atoms with Crippen LogP contribution in [-0.2, 0) is 19.1 Å². The Bertz CT molecular complexity index is 1510. The van der Waals surface area contributed by atoms with Crippen molar-refractivity contribution >= 4 is 35.0 Å². The lowest BCUT2D eigenvalue weighted by molar-refractivity contribution is -0.147. The first-order valence-corrected chi connectivity index (χ1v) is 17.4. The Morgan fingerprint density at radius 1 is 0.938 bits per heavy atom. The Balaban J connectivity index is 1.37. The van der Waals surface area contributed by atoms with E-state index in [1.165, 1.54) is 11.0 Å². The van der Waals surface area contributed by atoms with Crippen molar-refractivity contribution in [2.45, 2.75) is 69.7 Å². The van der Waals surface area contributed by atoms with E-state index in [0.29, 0.717) is 63.7 Å². The van der Waals surface area contributed by atoms with Crippen molar-refractivity contribution in [2.24, 2.45) is 5.92 Å². The van der Waals surface area contributed by atoms with Gasteiger partial charge in [-0.3, -0.25) is 19.3 Å². The first-order valence-electron chi connectivity index (χ1n) is 17.0. The summed E-state index contributed by atoms with van der Waals surface area (Å²) in [7, 11) is 2.01. The minimum atomic E-state index is -0.882. The van der Waals surface area contributed by atoms with Gasteiger partial charge in [-0.05, 0) is 76.9 Å². The number of halogens is 3. The third-order valence-corrected chi connectivity index (χ3v) is 10.8. The Morgan fingerprint density at radius 2 is 1.65 bits per heavy atom. The Hall–Kier alpha value is -3.12. The van der Waals surface area contributed by atoms with Crippen molar-refractivity contribution in [3.8, 4) is 0 Å². The zero-order chi connectivity index (χ0) is 34.3. The van der Waals surface area contributed by atoms with E-state index in [-0.39, 0.29) is 41.9 Å². The maximum atomic E-state index is 15.5. The average Bonchev–Trinajstić information content (AvgIpc) is 3.83. The average molecular weight is 686 g/mol. The van der Waals surface area contributed by atoms with Gasteiger partial charge in [-0.2, -0.15) is 0 Å². The van der Waals surface area contributed by atoms with E-state index in [1.807, 2.05) is 31.3 Å². The summed E-state index contributed by atoms with van der Waals surface area (Å²) in [6.07, 6.45) is 0.516. The third-order valence-electron chi connectivity index (χ3n) is 10.5. The van der Waals surface area contributed by atoms with Gasteiger partial charge in [0.05, 0.1) is 17.6 Å². The zero-order valence-corrected chi connectivity index (χ0v) is 29.0. The second kappa shape index (κ2) is 14.0. The molecule has 0 aliphatic carbocycles. The van der Waals surface area contributed by atoms with Crippen LogP contribution in [0.25, 0.3) is 0 Å².